The van der Waals surface area contributed by atoms with E-state index in [0.717, 1.165) is 6.54 Å². The minimum atomic E-state index is 0.942. The average Bonchev–Trinajstić information content (AvgIpc) is 2.40. The molecule has 0 unspecified atom stereocenters. The zero-order valence-electron chi connectivity index (χ0n) is 6.79. The van der Waals surface area contributed by atoms with Gasteiger partial charge in [0.15, 0.2) is 0 Å². The van der Waals surface area contributed by atoms with Gasteiger partial charge in [-0.05, 0) is 37.6 Å². The summed E-state index contributed by atoms with van der Waals surface area (Å²) in [6.07, 6.45) is 3.97. The first-order valence-corrected chi connectivity index (χ1v) is 4.32. The number of hydrogen-bond donors (Lipinski definition) is 1. The van der Waals surface area contributed by atoms with Crippen LogP contribution in [0, 0.1) is 0 Å². The highest BCUT2D eigenvalue weighted by Crippen LogP contribution is 2.09. The Balaban J connectivity index is 2.58. The smallest absolute Gasteiger partial charge is 0.0477 e. The summed E-state index contributed by atoms with van der Waals surface area (Å²) in [5.74, 6) is 0. The third-order valence-corrected chi connectivity index (χ3v) is 1.99. The van der Waals surface area contributed by atoms with Gasteiger partial charge in [-0.3, -0.25) is 0 Å². The number of nitrogens with zero attached hydrogens (tertiary/aromatic N) is 1. The molecule has 0 aromatic carbocycles. The Morgan fingerprint density at radius 3 is 3.18 bits per heavy atom. The Labute approximate surface area is 71.1 Å². The minimum Gasteiger partial charge on any atom is -0.316 e. The van der Waals surface area contributed by atoms with Crippen LogP contribution in [-0.4, -0.2) is 18.0 Å². The monoisotopic (exact) mass is 168 g/mol. The van der Waals surface area contributed by atoms with Crippen molar-refractivity contribution in [3.8, 4) is 0 Å². The van der Waals surface area contributed by atoms with E-state index in [1.807, 2.05) is 19.3 Å². The topological polar surface area (TPSA) is 24.9 Å². The highest BCUT2D eigenvalue weighted by atomic mass is 32.1. The predicted molar refractivity (Wildman–Crippen MR) is 49.7 cm³/mol. The molecule has 11 heavy (non-hydrogen) atoms. The first kappa shape index (κ1) is 8.43. The van der Waals surface area contributed by atoms with E-state index in [-0.39, 0.29) is 0 Å². The molecule has 1 N–H and O–H groups in total. The fourth-order valence-corrected chi connectivity index (χ4v) is 1.49. The molecule has 0 saturated carbocycles. The van der Waals surface area contributed by atoms with E-state index in [4.69, 9.17) is 0 Å². The summed E-state index contributed by atoms with van der Waals surface area (Å²) < 4.78 is 4.01. The maximum Gasteiger partial charge on any atom is 0.0477 e. The van der Waals surface area contributed by atoms with Gasteiger partial charge in [0.2, 0.25) is 0 Å². The lowest BCUT2D eigenvalue weighted by Crippen LogP contribution is -2.08. The first-order chi connectivity index (χ1) is 5.33. The van der Waals surface area contributed by atoms with Gasteiger partial charge in [0, 0.05) is 17.6 Å². The van der Waals surface area contributed by atoms with E-state index in [0.29, 0.717) is 0 Å². The quantitative estimate of drug-likeness (QED) is 0.744. The number of hydrogen-bond acceptors (Lipinski definition) is 3. The van der Waals surface area contributed by atoms with E-state index >= 15 is 0 Å². The standard InChI is InChI=1S/C8H12N2S/c1-7(6-9-2)5-8-3-4-10-11-8/h3-5,9H,6H2,1-2H3/b7-5+. The van der Waals surface area contributed by atoms with Crippen molar-refractivity contribution >= 4 is 17.6 Å². The molecule has 2 nitrogen and oxygen atoms in total. The molecule has 60 valence electrons. The lowest BCUT2D eigenvalue weighted by Gasteiger charge is -1.96. The van der Waals surface area contributed by atoms with Crippen molar-refractivity contribution in [3.05, 3.63) is 22.7 Å². The number of nitrogens with one attached hydrogen (secondary N) is 1. The van der Waals surface area contributed by atoms with Crippen LogP contribution in [0.15, 0.2) is 17.8 Å². The van der Waals surface area contributed by atoms with Crippen molar-refractivity contribution in [1.82, 2.24) is 9.69 Å². The molecular formula is C8H12N2S. The lowest BCUT2D eigenvalue weighted by molar-refractivity contribution is 0.885. The molecule has 0 aliphatic carbocycles. The van der Waals surface area contributed by atoms with Crippen LogP contribution in [0.5, 0.6) is 0 Å². The molecule has 0 spiro atoms. The molecule has 0 aliphatic rings. The Morgan fingerprint density at radius 2 is 2.64 bits per heavy atom. The van der Waals surface area contributed by atoms with Crippen LogP contribution in [0.2, 0.25) is 0 Å². The van der Waals surface area contributed by atoms with E-state index in [2.05, 4.69) is 22.7 Å². The largest absolute Gasteiger partial charge is 0.316 e. The molecule has 0 bridgehead atoms. The highest BCUT2D eigenvalue weighted by Gasteiger charge is 1.90. The molecular weight excluding hydrogens is 156 g/mol. The van der Waals surface area contributed by atoms with Crippen molar-refractivity contribution in [2.45, 2.75) is 6.92 Å². The van der Waals surface area contributed by atoms with Gasteiger partial charge in [-0.1, -0.05) is 5.57 Å². The zero-order chi connectivity index (χ0) is 8.10. The molecule has 3 heteroatoms. The molecule has 0 atom stereocenters. The molecule has 0 saturated heterocycles. The SMILES string of the molecule is CNC/C(C)=C/c1ccns1. The maximum atomic E-state index is 4.01. The van der Waals surface area contributed by atoms with Crippen molar-refractivity contribution in [2.24, 2.45) is 0 Å². The number of rotatable bonds is 3. The molecule has 1 heterocycles. The lowest BCUT2D eigenvalue weighted by atomic mass is 10.2. The van der Waals surface area contributed by atoms with Gasteiger partial charge >= 0.3 is 0 Å². The van der Waals surface area contributed by atoms with E-state index in [1.165, 1.54) is 22.0 Å². The van der Waals surface area contributed by atoms with E-state index in [9.17, 15) is 0 Å². The Bertz CT molecular complexity index is 226. The average molecular weight is 168 g/mol. The Morgan fingerprint density at radius 1 is 1.82 bits per heavy atom. The van der Waals surface area contributed by atoms with Crippen LogP contribution >= 0.6 is 11.5 Å². The van der Waals surface area contributed by atoms with E-state index < -0.39 is 0 Å². The van der Waals surface area contributed by atoms with Crippen molar-refractivity contribution < 1.29 is 0 Å². The van der Waals surface area contributed by atoms with Crippen LogP contribution < -0.4 is 5.32 Å². The summed E-state index contributed by atoms with van der Waals surface area (Å²) in [4.78, 5) is 1.22. The third kappa shape index (κ3) is 2.82. The van der Waals surface area contributed by atoms with E-state index in [1.54, 1.807) is 0 Å². The second-order valence-electron chi connectivity index (χ2n) is 2.44. The van der Waals surface area contributed by atoms with Gasteiger partial charge in [-0.25, -0.2) is 4.37 Å². The third-order valence-electron chi connectivity index (χ3n) is 1.30. The van der Waals surface area contributed by atoms with Crippen LogP contribution in [0.1, 0.15) is 11.8 Å². The molecule has 0 aliphatic heterocycles. The fourth-order valence-electron chi connectivity index (χ4n) is 0.873. The van der Waals surface area contributed by atoms with Crippen LogP contribution in [0.4, 0.5) is 0 Å². The van der Waals surface area contributed by atoms with Gasteiger partial charge in [-0.2, -0.15) is 0 Å². The summed E-state index contributed by atoms with van der Waals surface area (Å²) in [7, 11) is 1.95. The number of aromatic nitrogens is 1. The van der Waals surface area contributed by atoms with Gasteiger partial charge in [0.25, 0.3) is 0 Å². The van der Waals surface area contributed by atoms with Gasteiger partial charge < -0.3 is 5.32 Å². The molecule has 0 amide bonds. The van der Waals surface area contributed by atoms with Crippen LogP contribution in [0.3, 0.4) is 0 Å². The maximum absolute atomic E-state index is 4.01. The zero-order valence-corrected chi connectivity index (χ0v) is 7.61. The molecule has 1 aromatic heterocycles. The van der Waals surface area contributed by atoms with Gasteiger partial charge in [0.1, 0.15) is 0 Å². The summed E-state index contributed by atoms with van der Waals surface area (Å²) in [5, 5.41) is 3.10. The first-order valence-electron chi connectivity index (χ1n) is 3.55. The number of likely N-dealkylation sites (N-methyl/N-ethyl adjacent to an activating group) is 1. The summed E-state index contributed by atoms with van der Waals surface area (Å²) in [6, 6.07) is 2.02. The predicted octanol–water partition coefficient (Wildman–Crippen LogP) is 1.77. The van der Waals surface area contributed by atoms with Crippen LogP contribution in [0.25, 0.3) is 6.08 Å². The van der Waals surface area contributed by atoms with Crippen molar-refractivity contribution in [2.75, 3.05) is 13.6 Å². The fraction of sp³-hybridized carbons (Fsp3) is 0.375. The Kier molecular flexibility index (Phi) is 3.26. The molecule has 0 radical (unpaired) electrons. The summed E-state index contributed by atoms with van der Waals surface area (Å²) in [5.41, 5.74) is 1.33. The van der Waals surface area contributed by atoms with Crippen molar-refractivity contribution in [3.63, 3.8) is 0 Å². The summed E-state index contributed by atoms with van der Waals surface area (Å²) >= 11 is 1.52. The molecule has 1 rings (SSSR count). The molecule has 0 fully saturated rings. The van der Waals surface area contributed by atoms with Gasteiger partial charge in [-0.15, -0.1) is 0 Å². The van der Waals surface area contributed by atoms with Crippen molar-refractivity contribution in [1.29, 1.82) is 0 Å². The van der Waals surface area contributed by atoms with Crippen LogP contribution in [-0.2, 0) is 0 Å². The second kappa shape index (κ2) is 4.26. The normalized spacial score (nSPS) is 12.0. The Hall–Kier alpha value is -0.670. The molecule has 1 aromatic rings. The second-order valence-corrected chi connectivity index (χ2v) is 3.30. The highest BCUT2D eigenvalue weighted by molar-refractivity contribution is 7.06. The summed E-state index contributed by atoms with van der Waals surface area (Å²) in [6.45, 7) is 3.05. The van der Waals surface area contributed by atoms with Gasteiger partial charge in [0.05, 0.1) is 0 Å². The minimum absolute atomic E-state index is 0.942.